The fraction of sp³-hybridized carbons (Fsp3) is 0.429. The number of aliphatic carboxylic acids is 1. The van der Waals surface area contributed by atoms with E-state index in [0.717, 1.165) is 33.9 Å². The van der Waals surface area contributed by atoms with Crippen LogP contribution in [-0.4, -0.2) is 71.9 Å². The molecule has 0 saturated carbocycles. The Kier molecular flexibility index (Phi) is 13.6. The molecule has 0 radical (unpaired) electrons. The molecule has 0 amide bonds. The van der Waals surface area contributed by atoms with Crippen LogP contribution in [0.15, 0.2) is 84.6 Å². The SMILES string of the molecule is CCN1\C(=C/C=C/C=C/C2=[N+](CCCS(=O)(=O)[O-])c3ccccc3C2(C)CCCC(=O)O)C(C)(CCCS(=O)(=O)[O-])c2ccccc21.[Na+]. The van der Waals surface area contributed by atoms with Gasteiger partial charge in [0.1, 0.15) is 6.54 Å². The van der Waals surface area contributed by atoms with Gasteiger partial charge in [0.05, 0.1) is 25.7 Å². The van der Waals surface area contributed by atoms with Gasteiger partial charge >= 0.3 is 35.5 Å². The Labute approximate surface area is 306 Å². The number of fused-ring (bicyclic) bond motifs is 2. The molecule has 0 bridgehead atoms. The van der Waals surface area contributed by atoms with E-state index in [0.29, 0.717) is 32.4 Å². The summed E-state index contributed by atoms with van der Waals surface area (Å²) in [6.07, 6.45) is 11.6. The Bertz CT molecular complexity index is 1840. The van der Waals surface area contributed by atoms with Gasteiger partial charge in [-0.15, -0.1) is 0 Å². The van der Waals surface area contributed by atoms with E-state index in [1.165, 1.54) is 0 Å². The van der Waals surface area contributed by atoms with Crippen LogP contribution in [0.3, 0.4) is 0 Å². The molecule has 2 aliphatic rings. The molecule has 0 spiro atoms. The molecule has 254 valence electrons. The average Bonchev–Trinajstić information content (AvgIpc) is 3.36. The van der Waals surface area contributed by atoms with Crippen LogP contribution >= 0.6 is 0 Å². The van der Waals surface area contributed by atoms with E-state index < -0.39 is 48.5 Å². The van der Waals surface area contributed by atoms with Crippen LogP contribution in [-0.2, 0) is 35.9 Å². The zero-order valence-electron chi connectivity index (χ0n) is 28.1. The minimum absolute atomic E-state index is 0. The monoisotopic (exact) mass is 706 g/mol. The fourth-order valence-electron chi connectivity index (χ4n) is 7.09. The van der Waals surface area contributed by atoms with Crippen LogP contribution in [0, 0.1) is 0 Å². The standard InChI is InChI=1S/C35H44N2O8S2.Na/c1-4-36-29-17-10-8-15-27(29)35(3,23-13-25-46(40,41)42)31(36)19-6-5-7-20-32-34(2,22-12-21-33(38)39)28-16-9-11-18-30(28)37(32)24-14-26-47(43,44)45;/h5-11,15-20H,4,12-14,21-26H2,1-3H3,(H2-,38,39,40,41,42,43,44,45);/q;+1/p-1. The Balaban J connectivity index is 0.00000625. The van der Waals surface area contributed by atoms with E-state index in [2.05, 4.69) is 18.7 Å². The van der Waals surface area contributed by atoms with Crippen molar-refractivity contribution < 1.29 is 70.0 Å². The Morgan fingerprint density at radius 2 is 1.46 bits per heavy atom. The van der Waals surface area contributed by atoms with E-state index in [1.807, 2.05) is 90.4 Å². The molecule has 0 fully saturated rings. The van der Waals surface area contributed by atoms with Crippen molar-refractivity contribution in [3.05, 3.63) is 95.7 Å². The second-order valence-electron chi connectivity index (χ2n) is 12.5. The largest absolute Gasteiger partial charge is 1.00 e. The predicted molar refractivity (Wildman–Crippen MR) is 181 cm³/mol. The summed E-state index contributed by atoms with van der Waals surface area (Å²) in [7, 11) is -8.71. The molecule has 2 aromatic carbocycles. The molecule has 48 heavy (non-hydrogen) atoms. The first-order chi connectivity index (χ1) is 22.1. The third-order valence-corrected chi connectivity index (χ3v) is 10.8. The van der Waals surface area contributed by atoms with Gasteiger partial charge in [-0.25, -0.2) is 16.8 Å². The second-order valence-corrected chi connectivity index (χ2v) is 15.6. The summed E-state index contributed by atoms with van der Waals surface area (Å²) in [5.74, 6) is -1.78. The van der Waals surface area contributed by atoms with Gasteiger partial charge in [0, 0.05) is 65.4 Å². The summed E-state index contributed by atoms with van der Waals surface area (Å²) in [4.78, 5) is 13.5. The van der Waals surface area contributed by atoms with Crippen molar-refractivity contribution in [3.8, 4) is 0 Å². The van der Waals surface area contributed by atoms with Crippen LogP contribution < -0.4 is 34.5 Å². The number of benzene rings is 2. The minimum Gasteiger partial charge on any atom is -0.748 e. The Morgan fingerprint density at radius 1 is 0.854 bits per heavy atom. The number of rotatable bonds is 16. The number of hydrogen-bond acceptors (Lipinski definition) is 8. The van der Waals surface area contributed by atoms with Crippen LogP contribution in [0.5, 0.6) is 0 Å². The maximum atomic E-state index is 11.4. The van der Waals surface area contributed by atoms with Gasteiger partial charge in [0.25, 0.3) is 0 Å². The molecule has 2 atom stereocenters. The second kappa shape index (κ2) is 16.4. The Hall–Kier alpha value is -2.58. The third-order valence-electron chi connectivity index (χ3n) is 9.25. The molecule has 2 unspecified atom stereocenters. The molecule has 10 nitrogen and oxygen atoms in total. The minimum atomic E-state index is -4.38. The van der Waals surface area contributed by atoms with Crippen molar-refractivity contribution in [1.82, 2.24) is 0 Å². The molecule has 4 rings (SSSR count). The summed E-state index contributed by atoms with van der Waals surface area (Å²) >= 11 is 0. The van der Waals surface area contributed by atoms with Crippen LogP contribution in [0.25, 0.3) is 0 Å². The van der Waals surface area contributed by atoms with Gasteiger partial charge in [0.15, 0.2) is 5.71 Å². The number of hydrogen-bond donors (Lipinski definition) is 1. The van der Waals surface area contributed by atoms with Gasteiger partial charge in [-0.05, 0) is 64.2 Å². The molecular formula is C35H43N2NaO8S2. The number of anilines is 1. The molecule has 2 aromatic rings. The number of carbonyl (C=O) groups is 1. The number of para-hydroxylation sites is 2. The first-order valence-corrected chi connectivity index (χ1v) is 19.0. The van der Waals surface area contributed by atoms with Crippen molar-refractivity contribution in [3.63, 3.8) is 0 Å². The summed E-state index contributed by atoms with van der Waals surface area (Å²) in [5, 5.41) is 9.31. The van der Waals surface area contributed by atoms with Gasteiger partial charge in [-0.3, -0.25) is 4.79 Å². The van der Waals surface area contributed by atoms with Crippen molar-refractivity contribution in [2.24, 2.45) is 0 Å². The smallest absolute Gasteiger partial charge is 0.748 e. The summed E-state index contributed by atoms with van der Waals surface area (Å²) in [6.45, 7) is 7.19. The zero-order chi connectivity index (χ0) is 34.5. The maximum Gasteiger partial charge on any atom is 1.00 e. The maximum absolute atomic E-state index is 11.4. The molecule has 2 aliphatic heterocycles. The van der Waals surface area contributed by atoms with E-state index in [4.69, 9.17) is 0 Å². The fourth-order valence-corrected chi connectivity index (χ4v) is 8.07. The van der Waals surface area contributed by atoms with E-state index in [1.54, 1.807) is 0 Å². The molecule has 0 aliphatic carbocycles. The summed E-state index contributed by atoms with van der Waals surface area (Å²) in [6, 6.07) is 15.8. The van der Waals surface area contributed by atoms with Crippen molar-refractivity contribution in [2.75, 3.05) is 29.5 Å². The molecule has 13 heteroatoms. The number of likely N-dealkylation sites (N-methyl/N-ethyl adjacent to an activating group) is 1. The quantitative estimate of drug-likeness (QED) is 0.120. The van der Waals surface area contributed by atoms with E-state index >= 15 is 0 Å². The van der Waals surface area contributed by atoms with Crippen molar-refractivity contribution in [2.45, 2.75) is 70.1 Å². The number of allylic oxidation sites excluding steroid dienone is 6. The third kappa shape index (κ3) is 9.35. The normalized spacial score (nSPS) is 21.7. The number of carboxylic acid groups (broad SMARTS) is 1. The van der Waals surface area contributed by atoms with Gasteiger partial charge in [-0.1, -0.05) is 54.6 Å². The molecule has 1 N–H and O–H groups in total. The molecule has 0 aromatic heterocycles. The van der Waals surface area contributed by atoms with Gasteiger partial charge < -0.3 is 19.1 Å². The number of nitrogens with zero attached hydrogens (tertiary/aromatic N) is 2. The Morgan fingerprint density at radius 3 is 2.10 bits per heavy atom. The summed E-state index contributed by atoms with van der Waals surface area (Å²) < 4.78 is 70.3. The first-order valence-electron chi connectivity index (χ1n) is 15.9. The van der Waals surface area contributed by atoms with Gasteiger partial charge in [-0.2, -0.15) is 4.58 Å². The van der Waals surface area contributed by atoms with Crippen molar-refractivity contribution in [1.29, 1.82) is 0 Å². The molecule has 0 saturated heterocycles. The topological polar surface area (TPSA) is 158 Å². The average molecular weight is 707 g/mol. The predicted octanol–water partition coefficient (Wildman–Crippen LogP) is 2.36. The van der Waals surface area contributed by atoms with Crippen molar-refractivity contribution >= 4 is 43.3 Å². The van der Waals surface area contributed by atoms with Gasteiger partial charge in [0.2, 0.25) is 5.69 Å². The van der Waals surface area contributed by atoms with Crippen LogP contribution in [0.2, 0.25) is 0 Å². The summed E-state index contributed by atoms with van der Waals surface area (Å²) in [5.41, 5.74) is 4.87. The van der Waals surface area contributed by atoms with E-state index in [9.17, 15) is 35.8 Å². The molecular weight excluding hydrogens is 664 g/mol. The number of carboxylic acids is 1. The zero-order valence-corrected chi connectivity index (χ0v) is 31.7. The van der Waals surface area contributed by atoms with Crippen LogP contribution in [0.1, 0.15) is 70.4 Å². The van der Waals surface area contributed by atoms with E-state index in [-0.39, 0.29) is 48.8 Å². The first kappa shape index (κ1) is 39.9. The molecule has 2 heterocycles. The van der Waals surface area contributed by atoms with Crippen LogP contribution in [0.4, 0.5) is 11.4 Å².